The van der Waals surface area contributed by atoms with Crippen LogP contribution in [0.5, 0.6) is 0 Å². The molecule has 5 N–H and O–H groups in total. The highest BCUT2D eigenvalue weighted by Gasteiger charge is 2.09. The van der Waals surface area contributed by atoms with Crippen molar-refractivity contribution in [2.75, 3.05) is 27.8 Å². The third kappa shape index (κ3) is 7.66. The van der Waals surface area contributed by atoms with Gasteiger partial charge in [-0.1, -0.05) is 30.3 Å². The predicted molar refractivity (Wildman–Crippen MR) is 130 cm³/mol. The molecule has 0 radical (unpaired) electrons. The molecule has 0 aliphatic heterocycles. The van der Waals surface area contributed by atoms with Gasteiger partial charge in [-0.25, -0.2) is 14.6 Å². The molecule has 3 aromatic rings. The first-order valence-electron chi connectivity index (χ1n) is 10.4. The number of carbonyl (C=O) groups excluding carboxylic acids is 3. The smallest absolute Gasteiger partial charge is 0.323 e. The van der Waals surface area contributed by atoms with Crippen LogP contribution in [0.15, 0.2) is 66.9 Å². The number of hydrogen-bond acceptors (Lipinski definition) is 4. The fourth-order valence-electron chi connectivity index (χ4n) is 2.85. The zero-order valence-electron chi connectivity index (χ0n) is 18.4. The summed E-state index contributed by atoms with van der Waals surface area (Å²) in [7, 11) is 0. The van der Waals surface area contributed by atoms with Crippen molar-refractivity contribution in [3.05, 3.63) is 78.0 Å². The van der Waals surface area contributed by atoms with Crippen LogP contribution in [0.3, 0.4) is 0 Å². The van der Waals surface area contributed by atoms with Crippen LogP contribution in [0.25, 0.3) is 0 Å². The number of amides is 5. The second kappa shape index (κ2) is 11.3. The third-order valence-electron chi connectivity index (χ3n) is 4.59. The Bertz CT molecular complexity index is 1120. The lowest BCUT2D eigenvalue weighted by Crippen LogP contribution is -2.31. The molecule has 3 rings (SSSR count). The van der Waals surface area contributed by atoms with Gasteiger partial charge in [0.1, 0.15) is 5.82 Å². The van der Waals surface area contributed by atoms with E-state index in [4.69, 9.17) is 0 Å². The second-order valence-electron chi connectivity index (χ2n) is 7.37. The third-order valence-corrected chi connectivity index (χ3v) is 4.59. The van der Waals surface area contributed by atoms with Gasteiger partial charge in [-0.15, -0.1) is 0 Å². The molecule has 0 saturated carbocycles. The highest BCUT2D eigenvalue weighted by atomic mass is 16.2. The second-order valence-corrected chi connectivity index (χ2v) is 7.37. The number of aryl methyl sites for hydroxylation is 2. The lowest BCUT2D eigenvalue weighted by atomic mass is 10.2. The summed E-state index contributed by atoms with van der Waals surface area (Å²) in [5, 5.41) is 13.5. The predicted octanol–water partition coefficient (Wildman–Crippen LogP) is 4.49. The number of para-hydroxylation sites is 1. The average molecular weight is 447 g/mol. The Labute approximate surface area is 192 Å². The molecular formula is C24H26N6O3. The number of hydrogen-bond donors (Lipinski definition) is 5. The zero-order chi connectivity index (χ0) is 23.6. The first-order chi connectivity index (χ1) is 15.9. The SMILES string of the molecule is Cc1ccc(NC(=O)CCNC(=O)Nc2cc(NC(=O)Nc3ccccc3)ccc2C)nc1. The van der Waals surface area contributed by atoms with E-state index in [-0.39, 0.29) is 18.9 Å². The number of pyridine rings is 1. The molecule has 0 aliphatic carbocycles. The van der Waals surface area contributed by atoms with Gasteiger partial charge in [0.15, 0.2) is 0 Å². The summed E-state index contributed by atoms with van der Waals surface area (Å²) in [6, 6.07) is 17.0. The molecule has 9 heteroatoms. The van der Waals surface area contributed by atoms with Gasteiger partial charge >= 0.3 is 12.1 Å². The number of aromatic nitrogens is 1. The molecule has 2 aromatic carbocycles. The molecule has 33 heavy (non-hydrogen) atoms. The van der Waals surface area contributed by atoms with Crippen molar-refractivity contribution in [2.24, 2.45) is 0 Å². The van der Waals surface area contributed by atoms with E-state index in [1.165, 1.54) is 0 Å². The number of nitrogens with zero attached hydrogens (tertiary/aromatic N) is 1. The zero-order valence-corrected chi connectivity index (χ0v) is 18.4. The van der Waals surface area contributed by atoms with Crippen molar-refractivity contribution in [3.8, 4) is 0 Å². The van der Waals surface area contributed by atoms with Crippen LogP contribution >= 0.6 is 0 Å². The van der Waals surface area contributed by atoms with Crippen molar-refractivity contribution in [3.63, 3.8) is 0 Å². The van der Waals surface area contributed by atoms with E-state index in [1.54, 1.807) is 42.6 Å². The van der Waals surface area contributed by atoms with E-state index in [0.717, 1.165) is 11.1 Å². The Balaban J connectivity index is 1.46. The average Bonchev–Trinajstić information content (AvgIpc) is 2.78. The van der Waals surface area contributed by atoms with Crippen LogP contribution in [-0.4, -0.2) is 29.5 Å². The number of carbonyl (C=O) groups is 3. The molecule has 0 atom stereocenters. The molecule has 0 unspecified atom stereocenters. The highest BCUT2D eigenvalue weighted by molar-refractivity contribution is 6.00. The molecule has 0 fully saturated rings. The van der Waals surface area contributed by atoms with Crippen molar-refractivity contribution in [1.29, 1.82) is 0 Å². The molecular weight excluding hydrogens is 420 g/mol. The number of rotatable bonds is 7. The normalized spacial score (nSPS) is 10.1. The summed E-state index contributed by atoms with van der Waals surface area (Å²) in [5.74, 6) is 0.213. The fraction of sp³-hybridized carbons (Fsp3) is 0.167. The van der Waals surface area contributed by atoms with Gasteiger partial charge in [-0.3, -0.25) is 4.79 Å². The van der Waals surface area contributed by atoms with Crippen LogP contribution < -0.4 is 26.6 Å². The highest BCUT2D eigenvalue weighted by Crippen LogP contribution is 2.20. The minimum atomic E-state index is -0.453. The van der Waals surface area contributed by atoms with E-state index >= 15 is 0 Å². The van der Waals surface area contributed by atoms with E-state index in [9.17, 15) is 14.4 Å². The topological polar surface area (TPSA) is 124 Å². The monoisotopic (exact) mass is 446 g/mol. The number of anilines is 4. The van der Waals surface area contributed by atoms with Gasteiger partial charge in [0.05, 0.1) is 0 Å². The van der Waals surface area contributed by atoms with Crippen LogP contribution in [0.2, 0.25) is 0 Å². The molecule has 5 amide bonds. The van der Waals surface area contributed by atoms with E-state index in [2.05, 4.69) is 31.6 Å². The van der Waals surface area contributed by atoms with Gasteiger partial charge in [0.2, 0.25) is 5.91 Å². The number of urea groups is 2. The summed E-state index contributed by atoms with van der Waals surface area (Å²) in [6.07, 6.45) is 1.77. The molecule has 170 valence electrons. The van der Waals surface area contributed by atoms with Crippen LogP contribution in [-0.2, 0) is 4.79 Å². The minimum absolute atomic E-state index is 0.100. The van der Waals surface area contributed by atoms with Crippen molar-refractivity contribution in [1.82, 2.24) is 10.3 Å². The fourth-order valence-corrected chi connectivity index (χ4v) is 2.85. The van der Waals surface area contributed by atoms with Crippen molar-refractivity contribution in [2.45, 2.75) is 20.3 Å². The van der Waals surface area contributed by atoms with Gasteiger partial charge < -0.3 is 26.6 Å². The standard InChI is InChI=1S/C24H26N6O3/c1-16-8-11-21(26-15-16)30-22(31)12-13-25-23(32)29-20-14-19(10-9-17(20)2)28-24(33)27-18-6-4-3-5-7-18/h3-11,14-15H,12-13H2,1-2H3,(H2,25,29,32)(H,26,30,31)(H2,27,28,33). The lowest BCUT2D eigenvalue weighted by molar-refractivity contribution is -0.116. The van der Waals surface area contributed by atoms with Gasteiger partial charge in [0, 0.05) is 36.2 Å². The lowest BCUT2D eigenvalue weighted by Gasteiger charge is -2.13. The van der Waals surface area contributed by atoms with Crippen LogP contribution in [0, 0.1) is 13.8 Å². The van der Waals surface area contributed by atoms with Gasteiger partial charge in [-0.05, 0) is 55.3 Å². The Morgan fingerprint density at radius 3 is 2.27 bits per heavy atom. The summed E-state index contributed by atoms with van der Waals surface area (Å²) in [5.41, 5.74) is 3.55. The maximum absolute atomic E-state index is 12.3. The largest absolute Gasteiger partial charge is 0.337 e. The Morgan fingerprint density at radius 2 is 1.55 bits per heavy atom. The van der Waals surface area contributed by atoms with E-state index < -0.39 is 12.1 Å². The molecule has 1 heterocycles. The van der Waals surface area contributed by atoms with Gasteiger partial charge in [-0.2, -0.15) is 0 Å². The quantitative estimate of drug-likeness (QED) is 0.367. The van der Waals surface area contributed by atoms with Gasteiger partial charge in [0.25, 0.3) is 0 Å². The first-order valence-corrected chi connectivity index (χ1v) is 10.4. The maximum Gasteiger partial charge on any atom is 0.323 e. The van der Waals surface area contributed by atoms with E-state index in [1.807, 2.05) is 38.1 Å². The Kier molecular flexibility index (Phi) is 7.96. The number of benzene rings is 2. The first kappa shape index (κ1) is 23.3. The van der Waals surface area contributed by atoms with Crippen LogP contribution in [0.4, 0.5) is 32.5 Å². The number of nitrogens with one attached hydrogen (secondary N) is 5. The molecule has 0 aliphatic rings. The minimum Gasteiger partial charge on any atom is -0.337 e. The van der Waals surface area contributed by atoms with Crippen molar-refractivity contribution >= 4 is 40.8 Å². The summed E-state index contributed by atoms with van der Waals surface area (Å²) in [4.78, 5) is 40.6. The molecule has 0 bridgehead atoms. The summed E-state index contributed by atoms with van der Waals surface area (Å²) < 4.78 is 0. The summed E-state index contributed by atoms with van der Waals surface area (Å²) >= 11 is 0. The Hall–Kier alpha value is -4.40. The molecule has 0 spiro atoms. The van der Waals surface area contributed by atoms with Crippen LogP contribution in [0.1, 0.15) is 17.5 Å². The van der Waals surface area contributed by atoms with Crippen molar-refractivity contribution < 1.29 is 14.4 Å². The molecule has 1 aromatic heterocycles. The molecule has 0 saturated heterocycles. The van der Waals surface area contributed by atoms with E-state index in [0.29, 0.717) is 22.9 Å². The Morgan fingerprint density at radius 1 is 0.788 bits per heavy atom. The summed E-state index contributed by atoms with van der Waals surface area (Å²) in [6.45, 7) is 3.90. The maximum atomic E-state index is 12.3. The molecule has 9 nitrogen and oxygen atoms in total.